The smallest absolute Gasteiger partial charge is 0.280 e. The van der Waals surface area contributed by atoms with Crippen LogP contribution in [0.4, 0.5) is 8.78 Å². The Morgan fingerprint density at radius 2 is 1.89 bits per heavy atom. The van der Waals surface area contributed by atoms with Crippen LogP contribution in [0.3, 0.4) is 0 Å². The second-order valence-corrected chi connectivity index (χ2v) is 7.41. The molecule has 1 saturated heterocycles. The molecule has 0 unspecified atom stereocenters. The molecular weight excluding hydrogens is 397 g/mol. The zero-order chi connectivity index (χ0) is 19.6. The van der Waals surface area contributed by atoms with Crippen molar-refractivity contribution < 1.29 is 13.6 Å². The van der Waals surface area contributed by atoms with Gasteiger partial charge in [-0.05, 0) is 30.7 Å². The largest absolute Gasteiger partial charge is 0.339 e. The predicted molar refractivity (Wildman–Crippen MR) is 100 cm³/mol. The van der Waals surface area contributed by atoms with Crippen LogP contribution in [-0.4, -0.2) is 51.7 Å². The maximum Gasteiger partial charge on any atom is 0.280 e. The van der Waals surface area contributed by atoms with Crippen molar-refractivity contribution in [3.8, 4) is 0 Å². The lowest BCUT2D eigenvalue weighted by atomic mass is 10.2. The first kappa shape index (κ1) is 20.0. The van der Waals surface area contributed by atoms with Gasteiger partial charge in [-0.1, -0.05) is 29.3 Å². The lowest BCUT2D eigenvalue weighted by Crippen LogP contribution is -2.49. The molecule has 1 amide bonds. The van der Waals surface area contributed by atoms with Crippen molar-refractivity contribution in [3.05, 3.63) is 51.3 Å². The number of hydrogen-bond acceptors (Lipinski definition) is 3. The second kappa shape index (κ2) is 8.54. The van der Waals surface area contributed by atoms with E-state index in [1.807, 2.05) is 6.07 Å². The van der Waals surface area contributed by atoms with Crippen LogP contribution >= 0.6 is 23.2 Å². The molecular formula is C18H20Cl2F2N4O. The Balaban J connectivity index is 1.55. The van der Waals surface area contributed by atoms with E-state index in [1.54, 1.807) is 24.0 Å². The van der Waals surface area contributed by atoms with E-state index in [2.05, 4.69) is 10.00 Å². The number of rotatable bonds is 5. The molecule has 1 fully saturated rings. The van der Waals surface area contributed by atoms with Crippen LogP contribution in [0.5, 0.6) is 0 Å². The lowest BCUT2D eigenvalue weighted by molar-refractivity contribution is -0.134. The number of halogens is 4. The zero-order valence-corrected chi connectivity index (χ0v) is 16.4. The van der Waals surface area contributed by atoms with Crippen molar-refractivity contribution in [3.63, 3.8) is 0 Å². The van der Waals surface area contributed by atoms with Gasteiger partial charge in [-0.2, -0.15) is 5.10 Å². The molecule has 0 radical (unpaired) electrons. The van der Waals surface area contributed by atoms with Crippen LogP contribution in [0.1, 0.15) is 23.4 Å². The van der Waals surface area contributed by atoms with Gasteiger partial charge in [0.25, 0.3) is 6.43 Å². The molecule has 0 spiro atoms. The molecule has 9 heteroatoms. The van der Waals surface area contributed by atoms with Gasteiger partial charge in [0.1, 0.15) is 12.2 Å². The highest BCUT2D eigenvalue weighted by molar-refractivity contribution is 6.35. The van der Waals surface area contributed by atoms with Gasteiger partial charge in [0.05, 0.1) is 5.69 Å². The third-order valence-corrected chi connectivity index (χ3v) is 5.16. The van der Waals surface area contributed by atoms with Crippen LogP contribution in [0, 0.1) is 6.92 Å². The predicted octanol–water partition coefficient (Wildman–Crippen LogP) is 3.78. The number of hydrogen-bond donors (Lipinski definition) is 0. The fraction of sp³-hybridized carbons (Fsp3) is 0.444. The minimum absolute atomic E-state index is 0.170. The van der Waals surface area contributed by atoms with Gasteiger partial charge in [-0.25, -0.2) is 8.78 Å². The topological polar surface area (TPSA) is 41.4 Å². The second-order valence-electron chi connectivity index (χ2n) is 6.56. The van der Waals surface area contributed by atoms with Crippen LogP contribution in [-0.2, 0) is 17.9 Å². The molecule has 2 heterocycles. The highest BCUT2D eigenvalue weighted by Gasteiger charge is 2.24. The van der Waals surface area contributed by atoms with Gasteiger partial charge >= 0.3 is 0 Å². The third-order valence-electron chi connectivity index (χ3n) is 4.58. The molecule has 2 aromatic rings. The van der Waals surface area contributed by atoms with E-state index < -0.39 is 6.43 Å². The standard InChI is InChI=1S/C18H20Cl2F2N4O/c1-12-8-16(18(21)22)26(23-12)11-17(27)25-6-4-24(5-7-25)10-13-2-3-14(19)9-15(13)20/h2-3,8-9,18H,4-7,10-11H2,1H3. The average Bonchev–Trinajstić information content (AvgIpc) is 2.98. The Bertz CT molecular complexity index is 820. The summed E-state index contributed by atoms with van der Waals surface area (Å²) in [5, 5.41) is 5.22. The molecule has 0 atom stereocenters. The molecule has 27 heavy (non-hydrogen) atoms. The van der Waals surface area contributed by atoms with Gasteiger partial charge in [0.2, 0.25) is 5.91 Å². The maximum absolute atomic E-state index is 13.0. The quantitative estimate of drug-likeness (QED) is 0.744. The lowest BCUT2D eigenvalue weighted by Gasteiger charge is -2.35. The number of carbonyl (C=O) groups is 1. The molecule has 1 aromatic heterocycles. The summed E-state index contributed by atoms with van der Waals surface area (Å²) in [4.78, 5) is 16.4. The van der Waals surface area contributed by atoms with Gasteiger partial charge < -0.3 is 4.90 Å². The van der Waals surface area contributed by atoms with Crippen molar-refractivity contribution >= 4 is 29.1 Å². The summed E-state index contributed by atoms with van der Waals surface area (Å²) in [5.74, 6) is -0.204. The fourth-order valence-electron chi connectivity index (χ4n) is 3.14. The first-order valence-corrected chi connectivity index (χ1v) is 9.35. The van der Waals surface area contributed by atoms with Crippen molar-refractivity contribution in [2.45, 2.75) is 26.4 Å². The van der Waals surface area contributed by atoms with Crippen LogP contribution in [0.15, 0.2) is 24.3 Å². The Kier molecular flexibility index (Phi) is 6.34. The van der Waals surface area contributed by atoms with Crippen molar-refractivity contribution in [1.29, 1.82) is 0 Å². The van der Waals surface area contributed by atoms with E-state index in [1.165, 1.54) is 6.07 Å². The molecule has 5 nitrogen and oxygen atoms in total. The number of aromatic nitrogens is 2. The van der Waals surface area contributed by atoms with E-state index in [0.717, 1.165) is 10.2 Å². The Morgan fingerprint density at radius 1 is 1.19 bits per heavy atom. The summed E-state index contributed by atoms with van der Waals surface area (Å²) in [5.41, 5.74) is 1.23. The van der Waals surface area contributed by atoms with Crippen LogP contribution in [0.2, 0.25) is 10.0 Å². The molecule has 1 aliphatic rings. The molecule has 3 rings (SSSR count). The highest BCUT2D eigenvalue weighted by atomic mass is 35.5. The first-order chi connectivity index (χ1) is 12.8. The number of piperazine rings is 1. The summed E-state index contributed by atoms with van der Waals surface area (Å²) >= 11 is 12.1. The molecule has 0 N–H and O–H groups in total. The van der Waals surface area contributed by atoms with Crippen molar-refractivity contribution in [1.82, 2.24) is 19.6 Å². The average molecular weight is 417 g/mol. The van der Waals surface area contributed by atoms with E-state index in [0.29, 0.717) is 48.5 Å². The number of carbonyl (C=O) groups excluding carboxylic acids is 1. The monoisotopic (exact) mass is 416 g/mol. The van der Waals surface area contributed by atoms with E-state index >= 15 is 0 Å². The van der Waals surface area contributed by atoms with Gasteiger partial charge in [0, 0.05) is 42.8 Å². The van der Waals surface area contributed by atoms with E-state index in [-0.39, 0.29) is 18.1 Å². The van der Waals surface area contributed by atoms with Gasteiger partial charge in [-0.3, -0.25) is 14.4 Å². The maximum atomic E-state index is 13.0. The Labute approximate surface area is 166 Å². The summed E-state index contributed by atoms with van der Waals surface area (Å²) in [7, 11) is 0. The molecule has 1 aromatic carbocycles. The number of alkyl halides is 2. The number of benzene rings is 1. The van der Waals surface area contributed by atoms with Crippen molar-refractivity contribution in [2.75, 3.05) is 26.2 Å². The molecule has 0 bridgehead atoms. The van der Waals surface area contributed by atoms with Crippen LogP contribution in [0.25, 0.3) is 0 Å². The SMILES string of the molecule is Cc1cc(C(F)F)n(CC(=O)N2CCN(Cc3ccc(Cl)cc3Cl)CC2)n1. The third kappa shape index (κ3) is 4.97. The number of aryl methyl sites for hydroxylation is 1. The van der Waals surface area contributed by atoms with E-state index in [4.69, 9.17) is 23.2 Å². The Morgan fingerprint density at radius 3 is 2.52 bits per heavy atom. The van der Waals surface area contributed by atoms with Crippen molar-refractivity contribution in [2.24, 2.45) is 0 Å². The minimum Gasteiger partial charge on any atom is -0.339 e. The summed E-state index contributed by atoms with van der Waals surface area (Å²) in [6.07, 6.45) is -2.65. The van der Waals surface area contributed by atoms with Gasteiger partial charge in [-0.15, -0.1) is 0 Å². The molecule has 146 valence electrons. The number of nitrogens with zero attached hydrogens (tertiary/aromatic N) is 4. The summed E-state index contributed by atoms with van der Waals surface area (Å²) in [6.45, 7) is 4.58. The Hall–Kier alpha value is -1.70. The molecule has 1 aliphatic heterocycles. The molecule has 0 saturated carbocycles. The minimum atomic E-state index is -2.65. The van der Waals surface area contributed by atoms with E-state index in [9.17, 15) is 13.6 Å². The number of amides is 1. The molecule has 0 aliphatic carbocycles. The fourth-order valence-corrected chi connectivity index (χ4v) is 3.61. The zero-order valence-electron chi connectivity index (χ0n) is 14.8. The highest BCUT2D eigenvalue weighted by Crippen LogP contribution is 2.23. The summed E-state index contributed by atoms with van der Waals surface area (Å²) in [6, 6.07) is 6.72. The summed E-state index contributed by atoms with van der Waals surface area (Å²) < 4.78 is 27.2. The normalized spacial score (nSPS) is 15.6. The first-order valence-electron chi connectivity index (χ1n) is 8.60. The van der Waals surface area contributed by atoms with Gasteiger partial charge in [0.15, 0.2) is 0 Å². The van der Waals surface area contributed by atoms with Crippen LogP contribution < -0.4 is 0 Å².